The topological polar surface area (TPSA) is 46.5 Å². The Kier molecular flexibility index (Phi) is 3.19. The predicted octanol–water partition coefficient (Wildman–Crippen LogP) is 4.46. The van der Waals surface area contributed by atoms with Crippen LogP contribution in [0.1, 0.15) is 12.2 Å². The third-order valence-corrected chi connectivity index (χ3v) is 4.83. The fourth-order valence-electron chi connectivity index (χ4n) is 3.61. The molecule has 1 N–H and O–H groups in total. The molecule has 0 saturated carbocycles. The fourth-order valence-corrected chi connectivity index (χ4v) is 3.61. The van der Waals surface area contributed by atoms with Crippen molar-refractivity contribution < 1.29 is 13.2 Å². The number of aryl methyl sites for hydroxylation is 1. The Labute approximate surface area is 146 Å². The fraction of sp³-hybridized carbons (Fsp3) is 0.158. The summed E-state index contributed by atoms with van der Waals surface area (Å²) in [5.74, 6) is -3.08. The third-order valence-electron chi connectivity index (χ3n) is 4.83. The van der Waals surface area contributed by atoms with Gasteiger partial charge < -0.3 is 4.57 Å². The largest absolute Gasteiger partial charge is 0.327 e. The van der Waals surface area contributed by atoms with Crippen LogP contribution in [0.2, 0.25) is 0 Å². The highest BCUT2D eigenvalue weighted by molar-refractivity contribution is 5.87. The van der Waals surface area contributed by atoms with Gasteiger partial charge in [0.05, 0.1) is 23.1 Å². The van der Waals surface area contributed by atoms with Crippen LogP contribution in [-0.2, 0) is 13.0 Å². The van der Waals surface area contributed by atoms with Crippen molar-refractivity contribution in [2.24, 2.45) is 0 Å². The summed E-state index contributed by atoms with van der Waals surface area (Å²) < 4.78 is 43.6. The van der Waals surface area contributed by atoms with Gasteiger partial charge in [-0.2, -0.15) is 5.10 Å². The van der Waals surface area contributed by atoms with Crippen LogP contribution in [0.4, 0.5) is 13.2 Å². The van der Waals surface area contributed by atoms with Crippen LogP contribution in [-0.4, -0.2) is 19.7 Å². The van der Waals surface area contributed by atoms with E-state index in [-0.39, 0.29) is 5.56 Å². The standard InChI is InChI=1S/C19H13F3N4/c20-13-5-4-12(16(21)17(13)22)18-19(26-7-1-2-15(26)24-18)10-3-6-14-11(8-10)9-23-25-14/h3-6,8-9H,1-2,7H2,(H,23,25). The number of hydrogen-bond donors (Lipinski definition) is 1. The Hall–Kier alpha value is -3.09. The molecule has 130 valence electrons. The second kappa shape index (κ2) is 5.45. The van der Waals surface area contributed by atoms with Gasteiger partial charge in [0, 0.05) is 29.5 Å². The van der Waals surface area contributed by atoms with Gasteiger partial charge in [0.1, 0.15) is 5.82 Å². The third kappa shape index (κ3) is 2.09. The van der Waals surface area contributed by atoms with Crippen molar-refractivity contribution in [2.45, 2.75) is 19.4 Å². The van der Waals surface area contributed by atoms with Gasteiger partial charge in [0.25, 0.3) is 0 Å². The summed E-state index contributed by atoms with van der Waals surface area (Å²) in [5, 5.41) is 7.81. The van der Waals surface area contributed by atoms with Crippen LogP contribution in [0.5, 0.6) is 0 Å². The van der Waals surface area contributed by atoms with E-state index in [1.165, 1.54) is 6.07 Å². The maximum Gasteiger partial charge on any atom is 0.195 e. The van der Waals surface area contributed by atoms with E-state index < -0.39 is 17.5 Å². The molecule has 0 aliphatic carbocycles. The Bertz CT molecular complexity index is 1160. The number of aromatic amines is 1. The van der Waals surface area contributed by atoms with Crippen LogP contribution >= 0.6 is 0 Å². The highest BCUT2D eigenvalue weighted by atomic mass is 19.2. The van der Waals surface area contributed by atoms with Crippen molar-refractivity contribution in [1.82, 2.24) is 19.7 Å². The Morgan fingerprint density at radius 1 is 1.04 bits per heavy atom. The van der Waals surface area contributed by atoms with E-state index >= 15 is 0 Å². The molecular formula is C19H13F3N4. The SMILES string of the molecule is Fc1ccc(-c2nc3n(c2-c2ccc4[nH]ncc4c2)CCC3)c(F)c1F. The molecule has 0 unspecified atom stereocenters. The van der Waals surface area contributed by atoms with Gasteiger partial charge in [-0.05, 0) is 30.7 Å². The first-order valence-corrected chi connectivity index (χ1v) is 8.30. The lowest BCUT2D eigenvalue weighted by Crippen LogP contribution is -1.98. The van der Waals surface area contributed by atoms with E-state index in [0.717, 1.165) is 47.7 Å². The zero-order chi connectivity index (χ0) is 17.8. The van der Waals surface area contributed by atoms with E-state index in [2.05, 4.69) is 15.2 Å². The number of fused-ring (bicyclic) bond motifs is 2. The van der Waals surface area contributed by atoms with Crippen LogP contribution < -0.4 is 0 Å². The monoisotopic (exact) mass is 354 g/mol. The summed E-state index contributed by atoms with van der Waals surface area (Å²) in [6.45, 7) is 0.756. The Morgan fingerprint density at radius 2 is 1.92 bits per heavy atom. The molecule has 0 bridgehead atoms. The quantitative estimate of drug-likeness (QED) is 0.541. The van der Waals surface area contributed by atoms with E-state index in [0.29, 0.717) is 11.4 Å². The number of halogens is 3. The molecule has 1 aliphatic rings. The lowest BCUT2D eigenvalue weighted by molar-refractivity contribution is 0.449. The summed E-state index contributed by atoms with van der Waals surface area (Å²) in [6.07, 6.45) is 3.42. The highest BCUT2D eigenvalue weighted by Gasteiger charge is 2.26. The molecular weight excluding hydrogens is 341 g/mol. The van der Waals surface area contributed by atoms with Gasteiger partial charge in [-0.25, -0.2) is 18.2 Å². The summed E-state index contributed by atoms with van der Waals surface area (Å²) in [5.41, 5.74) is 2.73. The van der Waals surface area contributed by atoms with Crippen molar-refractivity contribution in [1.29, 1.82) is 0 Å². The maximum atomic E-state index is 14.4. The number of rotatable bonds is 2. The zero-order valence-electron chi connectivity index (χ0n) is 13.6. The molecule has 5 rings (SSSR count). The molecule has 0 radical (unpaired) electrons. The summed E-state index contributed by atoms with van der Waals surface area (Å²) >= 11 is 0. The van der Waals surface area contributed by atoms with Gasteiger partial charge in [-0.3, -0.25) is 5.10 Å². The summed E-state index contributed by atoms with van der Waals surface area (Å²) in [7, 11) is 0. The Balaban J connectivity index is 1.79. The molecule has 7 heteroatoms. The number of H-pyrrole nitrogens is 1. The maximum absolute atomic E-state index is 14.4. The molecule has 0 amide bonds. The average Bonchev–Trinajstić information content (AvgIpc) is 3.34. The Morgan fingerprint density at radius 3 is 2.81 bits per heavy atom. The van der Waals surface area contributed by atoms with Crippen molar-refractivity contribution in [3.05, 3.63) is 59.8 Å². The number of benzene rings is 2. The van der Waals surface area contributed by atoms with Crippen LogP contribution in [0.15, 0.2) is 36.5 Å². The average molecular weight is 354 g/mol. The van der Waals surface area contributed by atoms with Gasteiger partial charge in [0.15, 0.2) is 17.5 Å². The smallest absolute Gasteiger partial charge is 0.195 e. The molecule has 0 saturated heterocycles. The first-order valence-electron chi connectivity index (χ1n) is 8.30. The second-order valence-corrected chi connectivity index (χ2v) is 6.38. The van der Waals surface area contributed by atoms with E-state index in [9.17, 15) is 13.2 Å². The number of hydrogen-bond acceptors (Lipinski definition) is 2. The number of nitrogens with one attached hydrogen (secondary N) is 1. The van der Waals surface area contributed by atoms with Crippen molar-refractivity contribution in [2.75, 3.05) is 0 Å². The van der Waals surface area contributed by atoms with Gasteiger partial charge in [0.2, 0.25) is 0 Å². The summed E-state index contributed by atoms with van der Waals surface area (Å²) in [6, 6.07) is 7.89. The van der Waals surface area contributed by atoms with E-state index in [1.54, 1.807) is 6.20 Å². The normalized spacial score (nSPS) is 13.5. The van der Waals surface area contributed by atoms with Crippen LogP contribution in [0, 0.1) is 17.5 Å². The lowest BCUT2D eigenvalue weighted by atomic mass is 10.0. The van der Waals surface area contributed by atoms with Gasteiger partial charge >= 0.3 is 0 Å². The van der Waals surface area contributed by atoms with Crippen molar-refractivity contribution >= 4 is 10.9 Å². The van der Waals surface area contributed by atoms with Crippen molar-refractivity contribution in [3.63, 3.8) is 0 Å². The first-order chi connectivity index (χ1) is 12.6. The predicted molar refractivity (Wildman–Crippen MR) is 90.9 cm³/mol. The zero-order valence-corrected chi connectivity index (χ0v) is 13.6. The molecule has 0 atom stereocenters. The van der Waals surface area contributed by atoms with Gasteiger partial charge in [-0.15, -0.1) is 0 Å². The minimum atomic E-state index is -1.48. The molecule has 26 heavy (non-hydrogen) atoms. The molecule has 2 aromatic carbocycles. The number of imidazole rings is 1. The minimum Gasteiger partial charge on any atom is -0.327 e. The highest BCUT2D eigenvalue weighted by Crippen LogP contribution is 2.38. The number of nitrogens with zero attached hydrogens (tertiary/aromatic N) is 3. The summed E-state index contributed by atoms with van der Waals surface area (Å²) in [4.78, 5) is 4.55. The molecule has 4 nitrogen and oxygen atoms in total. The van der Waals surface area contributed by atoms with E-state index in [4.69, 9.17) is 0 Å². The molecule has 0 fully saturated rings. The number of aromatic nitrogens is 4. The van der Waals surface area contributed by atoms with Crippen LogP contribution in [0.3, 0.4) is 0 Å². The first kappa shape index (κ1) is 15.2. The molecule has 2 aromatic heterocycles. The lowest BCUT2D eigenvalue weighted by Gasteiger charge is -2.10. The minimum absolute atomic E-state index is 0.0342. The molecule has 1 aliphatic heterocycles. The second-order valence-electron chi connectivity index (χ2n) is 6.38. The van der Waals surface area contributed by atoms with E-state index in [1.807, 2.05) is 22.8 Å². The molecule has 0 spiro atoms. The van der Waals surface area contributed by atoms with Gasteiger partial charge in [-0.1, -0.05) is 6.07 Å². The van der Waals surface area contributed by atoms with Crippen molar-refractivity contribution in [3.8, 4) is 22.5 Å². The molecule has 3 heterocycles. The molecule has 4 aromatic rings. The van der Waals surface area contributed by atoms with Crippen LogP contribution in [0.25, 0.3) is 33.4 Å².